The molecule has 1 aliphatic rings. The topological polar surface area (TPSA) is 75.4 Å². The number of hydrogen-bond donors (Lipinski definition) is 3. The Labute approximate surface area is 101 Å². The predicted molar refractivity (Wildman–Crippen MR) is 66.7 cm³/mol. The number of anilines is 1. The molecule has 0 atom stereocenters. The van der Waals surface area contributed by atoms with E-state index < -0.39 is 0 Å². The number of nitrogens with one attached hydrogen (secondary N) is 1. The fourth-order valence-corrected chi connectivity index (χ4v) is 2.19. The van der Waals surface area contributed by atoms with Crippen LogP contribution in [0.2, 0.25) is 0 Å². The Kier molecular flexibility index (Phi) is 3.33. The summed E-state index contributed by atoms with van der Waals surface area (Å²) in [5, 5.41) is 12.0. The zero-order chi connectivity index (χ0) is 12.4. The summed E-state index contributed by atoms with van der Waals surface area (Å²) < 4.78 is 0. The first kappa shape index (κ1) is 11.9. The maximum absolute atomic E-state index is 12.0. The standard InChI is InChI=1S/C13H18N2O2/c1-8-3-2-4-11(14)12(8)13(17)15-7-9-5-10(16)6-9/h2-4,9-10,16H,5-7,14H2,1H3,(H,15,17). The molecule has 1 amide bonds. The minimum Gasteiger partial charge on any atom is -0.398 e. The Morgan fingerprint density at radius 3 is 2.82 bits per heavy atom. The summed E-state index contributed by atoms with van der Waals surface area (Å²) in [7, 11) is 0. The van der Waals surface area contributed by atoms with Crippen molar-refractivity contribution in [2.24, 2.45) is 5.92 Å². The number of aliphatic hydroxyl groups excluding tert-OH is 1. The van der Waals surface area contributed by atoms with E-state index in [-0.39, 0.29) is 12.0 Å². The van der Waals surface area contributed by atoms with Crippen molar-refractivity contribution in [3.05, 3.63) is 29.3 Å². The number of nitrogens with two attached hydrogens (primary N) is 1. The van der Waals surface area contributed by atoms with Gasteiger partial charge in [0.1, 0.15) is 0 Å². The third-order valence-electron chi connectivity index (χ3n) is 3.29. The number of amides is 1. The maximum Gasteiger partial charge on any atom is 0.253 e. The van der Waals surface area contributed by atoms with Crippen molar-refractivity contribution < 1.29 is 9.90 Å². The number of nitrogen functional groups attached to an aromatic ring is 1. The number of rotatable bonds is 3. The average Bonchev–Trinajstić information content (AvgIpc) is 2.22. The molecule has 0 aromatic heterocycles. The van der Waals surface area contributed by atoms with Crippen LogP contribution in [0.1, 0.15) is 28.8 Å². The van der Waals surface area contributed by atoms with Crippen LogP contribution in [0.3, 0.4) is 0 Å². The summed E-state index contributed by atoms with van der Waals surface area (Å²) in [6.07, 6.45) is 1.38. The molecule has 0 unspecified atom stereocenters. The lowest BCUT2D eigenvalue weighted by atomic mass is 9.82. The summed E-state index contributed by atoms with van der Waals surface area (Å²) in [6.45, 7) is 2.49. The Bertz CT molecular complexity index is 405. The van der Waals surface area contributed by atoms with E-state index >= 15 is 0 Å². The van der Waals surface area contributed by atoms with Gasteiger partial charge in [-0.25, -0.2) is 0 Å². The lowest BCUT2D eigenvalue weighted by molar-refractivity contribution is 0.0420. The van der Waals surface area contributed by atoms with Crippen LogP contribution < -0.4 is 11.1 Å². The summed E-state index contributed by atoms with van der Waals surface area (Å²) >= 11 is 0. The third-order valence-corrected chi connectivity index (χ3v) is 3.29. The Hall–Kier alpha value is -1.55. The van der Waals surface area contributed by atoms with E-state index in [1.54, 1.807) is 6.07 Å². The van der Waals surface area contributed by atoms with Gasteiger partial charge >= 0.3 is 0 Å². The quantitative estimate of drug-likeness (QED) is 0.685. The molecule has 4 nitrogen and oxygen atoms in total. The zero-order valence-electron chi connectivity index (χ0n) is 9.94. The molecule has 0 radical (unpaired) electrons. The van der Waals surface area contributed by atoms with E-state index in [4.69, 9.17) is 10.8 Å². The van der Waals surface area contributed by atoms with E-state index in [2.05, 4.69) is 5.32 Å². The highest BCUT2D eigenvalue weighted by Crippen LogP contribution is 2.26. The van der Waals surface area contributed by atoms with Gasteiger partial charge in [0.25, 0.3) is 5.91 Å². The number of aryl methyl sites for hydroxylation is 1. The van der Waals surface area contributed by atoms with E-state index in [0.29, 0.717) is 23.7 Å². The van der Waals surface area contributed by atoms with Gasteiger partial charge in [-0.3, -0.25) is 4.79 Å². The highest BCUT2D eigenvalue weighted by atomic mass is 16.3. The molecule has 0 heterocycles. The van der Waals surface area contributed by atoms with Gasteiger partial charge in [-0.2, -0.15) is 0 Å². The number of hydrogen-bond acceptors (Lipinski definition) is 3. The fraction of sp³-hybridized carbons (Fsp3) is 0.462. The van der Waals surface area contributed by atoms with Crippen LogP contribution in [0.15, 0.2) is 18.2 Å². The second-order valence-corrected chi connectivity index (χ2v) is 4.74. The van der Waals surface area contributed by atoms with Gasteiger partial charge in [0.15, 0.2) is 0 Å². The molecular weight excluding hydrogens is 216 g/mol. The Morgan fingerprint density at radius 2 is 2.24 bits per heavy atom. The van der Waals surface area contributed by atoms with Gasteiger partial charge in [-0.1, -0.05) is 12.1 Å². The zero-order valence-corrected chi connectivity index (χ0v) is 9.94. The summed E-state index contributed by atoms with van der Waals surface area (Å²) in [4.78, 5) is 12.0. The van der Waals surface area contributed by atoms with Crippen molar-refractivity contribution in [3.8, 4) is 0 Å². The largest absolute Gasteiger partial charge is 0.398 e. The molecule has 4 heteroatoms. The molecule has 0 bridgehead atoms. The van der Waals surface area contributed by atoms with Gasteiger partial charge < -0.3 is 16.2 Å². The summed E-state index contributed by atoms with van der Waals surface area (Å²) in [5.41, 5.74) is 7.75. The van der Waals surface area contributed by atoms with E-state index in [1.165, 1.54) is 0 Å². The van der Waals surface area contributed by atoms with Crippen molar-refractivity contribution in [2.45, 2.75) is 25.9 Å². The molecule has 1 fully saturated rings. The van der Waals surface area contributed by atoms with Crippen molar-refractivity contribution in [1.82, 2.24) is 5.32 Å². The molecule has 92 valence electrons. The van der Waals surface area contributed by atoms with Crippen LogP contribution in [0.25, 0.3) is 0 Å². The molecule has 0 aliphatic heterocycles. The number of carbonyl (C=O) groups is 1. The predicted octanol–water partition coefficient (Wildman–Crippen LogP) is 1.08. The number of carbonyl (C=O) groups excluding carboxylic acids is 1. The first-order chi connectivity index (χ1) is 8.08. The monoisotopic (exact) mass is 234 g/mol. The average molecular weight is 234 g/mol. The first-order valence-electron chi connectivity index (χ1n) is 5.89. The van der Waals surface area contributed by atoms with E-state index in [0.717, 1.165) is 18.4 Å². The van der Waals surface area contributed by atoms with Gasteiger partial charge in [-0.15, -0.1) is 0 Å². The molecule has 1 aromatic carbocycles. The van der Waals surface area contributed by atoms with E-state index in [9.17, 15) is 4.79 Å². The lowest BCUT2D eigenvalue weighted by Gasteiger charge is -2.31. The molecule has 1 aromatic rings. The minimum atomic E-state index is -0.180. The second-order valence-electron chi connectivity index (χ2n) is 4.74. The van der Waals surface area contributed by atoms with Crippen LogP contribution in [0, 0.1) is 12.8 Å². The maximum atomic E-state index is 12.0. The lowest BCUT2D eigenvalue weighted by Crippen LogP contribution is -2.38. The Morgan fingerprint density at radius 1 is 1.53 bits per heavy atom. The molecule has 1 saturated carbocycles. The molecule has 0 spiro atoms. The first-order valence-corrected chi connectivity index (χ1v) is 5.89. The molecule has 2 rings (SSSR count). The van der Waals surface area contributed by atoms with Crippen molar-refractivity contribution in [2.75, 3.05) is 12.3 Å². The van der Waals surface area contributed by atoms with Gasteiger partial charge in [-0.05, 0) is 37.3 Å². The SMILES string of the molecule is Cc1cccc(N)c1C(=O)NCC1CC(O)C1. The van der Waals surface area contributed by atoms with Gasteiger partial charge in [0.05, 0.1) is 11.7 Å². The molecule has 4 N–H and O–H groups in total. The van der Waals surface area contributed by atoms with Crippen molar-refractivity contribution in [1.29, 1.82) is 0 Å². The minimum absolute atomic E-state index is 0.123. The number of benzene rings is 1. The van der Waals surface area contributed by atoms with Crippen LogP contribution in [-0.2, 0) is 0 Å². The van der Waals surface area contributed by atoms with Crippen LogP contribution in [0.4, 0.5) is 5.69 Å². The smallest absolute Gasteiger partial charge is 0.253 e. The Balaban J connectivity index is 1.95. The molecule has 17 heavy (non-hydrogen) atoms. The van der Waals surface area contributed by atoms with Crippen LogP contribution in [-0.4, -0.2) is 23.7 Å². The molecule has 1 aliphatic carbocycles. The summed E-state index contributed by atoms with van der Waals surface area (Å²) in [6, 6.07) is 5.44. The summed E-state index contributed by atoms with van der Waals surface area (Å²) in [5.74, 6) is 0.279. The van der Waals surface area contributed by atoms with E-state index in [1.807, 2.05) is 19.1 Å². The van der Waals surface area contributed by atoms with Gasteiger partial charge in [0.2, 0.25) is 0 Å². The fourth-order valence-electron chi connectivity index (χ4n) is 2.19. The second kappa shape index (κ2) is 4.75. The van der Waals surface area contributed by atoms with Crippen molar-refractivity contribution in [3.63, 3.8) is 0 Å². The molecule has 0 saturated heterocycles. The molecular formula is C13H18N2O2. The highest BCUT2D eigenvalue weighted by molar-refractivity contribution is 6.00. The van der Waals surface area contributed by atoms with Gasteiger partial charge in [0, 0.05) is 12.2 Å². The van der Waals surface area contributed by atoms with Crippen LogP contribution in [0.5, 0.6) is 0 Å². The van der Waals surface area contributed by atoms with Crippen molar-refractivity contribution >= 4 is 11.6 Å². The third kappa shape index (κ3) is 2.58. The van der Waals surface area contributed by atoms with Crippen LogP contribution >= 0.6 is 0 Å². The normalized spacial score (nSPS) is 22.9. The highest BCUT2D eigenvalue weighted by Gasteiger charge is 2.27. The number of aliphatic hydroxyl groups is 1.